The number of amides is 4. The average molecular weight is 445 g/mol. The van der Waals surface area contributed by atoms with Gasteiger partial charge in [0.2, 0.25) is 23.6 Å². The zero-order valence-corrected chi connectivity index (χ0v) is 19.4. The number of hydrogen-bond acceptors (Lipinski definition) is 4. The van der Waals surface area contributed by atoms with Crippen molar-refractivity contribution in [2.45, 2.75) is 39.0 Å². The van der Waals surface area contributed by atoms with E-state index in [0.717, 1.165) is 10.5 Å². The fourth-order valence-corrected chi connectivity index (χ4v) is 5.76. The Labute approximate surface area is 193 Å². The van der Waals surface area contributed by atoms with E-state index >= 15 is 0 Å². The number of nitrogens with zero attached hydrogens (tertiary/aromatic N) is 2. The number of likely N-dealkylation sites (tertiary alicyclic amines) is 1. The summed E-state index contributed by atoms with van der Waals surface area (Å²) in [5, 5.41) is 0. The Kier molecular flexibility index (Phi) is 4.82. The first-order valence-corrected chi connectivity index (χ1v) is 11.5. The van der Waals surface area contributed by atoms with Gasteiger partial charge in [0.15, 0.2) is 0 Å². The molecule has 0 N–H and O–H groups in total. The molecule has 4 unspecified atom stereocenters. The van der Waals surface area contributed by atoms with Crippen LogP contribution in [0.3, 0.4) is 0 Å². The van der Waals surface area contributed by atoms with Crippen LogP contribution in [0.25, 0.3) is 0 Å². The minimum absolute atomic E-state index is 0.232. The number of rotatable bonds is 3. The number of benzene rings is 2. The maximum atomic E-state index is 13.2. The van der Waals surface area contributed by atoms with Gasteiger partial charge >= 0.3 is 0 Å². The van der Waals surface area contributed by atoms with Crippen LogP contribution in [0.1, 0.15) is 43.4 Å². The lowest BCUT2D eigenvalue weighted by atomic mass is 9.70. The van der Waals surface area contributed by atoms with E-state index in [0.29, 0.717) is 5.69 Å². The molecule has 2 aromatic carbocycles. The maximum Gasteiger partial charge on any atom is 0.237 e. The number of hydrogen-bond donors (Lipinski definition) is 0. The Hall–Kier alpha value is -3.28. The van der Waals surface area contributed by atoms with Gasteiger partial charge in [0.1, 0.15) is 0 Å². The normalized spacial score (nSPS) is 27.3. The summed E-state index contributed by atoms with van der Waals surface area (Å²) in [6, 6.07) is 16.0. The smallest absolute Gasteiger partial charge is 0.237 e. The van der Waals surface area contributed by atoms with Crippen molar-refractivity contribution in [2.75, 3.05) is 11.9 Å². The van der Waals surface area contributed by atoms with Crippen LogP contribution in [0.2, 0.25) is 0 Å². The van der Waals surface area contributed by atoms with Crippen molar-refractivity contribution in [1.29, 1.82) is 0 Å². The summed E-state index contributed by atoms with van der Waals surface area (Å²) in [6.45, 7) is 6.36. The van der Waals surface area contributed by atoms with Crippen molar-refractivity contribution in [2.24, 2.45) is 23.7 Å². The van der Waals surface area contributed by atoms with E-state index in [1.807, 2.05) is 24.3 Å². The van der Waals surface area contributed by atoms with E-state index in [1.54, 1.807) is 0 Å². The molecule has 5 rings (SSSR count). The van der Waals surface area contributed by atoms with Gasteiger partial charge in [-0.2, -0.15) is 0 Å². The molecule has 0 radical (unpaired) electrons. The summed E-state index contributed by atoms with van der Waals surface area (Å²) < 4.78 is 0. The molecule has 1 saturated carbocycles. The Morgan fingerprint density at radius 1 is 0.667 bits per heavy atom. The largest absolute Gasteiger partial charge is 0.285 e. The highest BCUT2D eigenvalue weighted by atomic mass is 16.2. The molecule has 0 aromatic heterocycles. The summed E-state index contributed by atoms with van der Waals surface area (Å²) >= 11 is 0. The Morgan fingerprint density at radius 2 is 1.06 bits per heavy atom. The van der Waals surface area contributed by atoms with E-state index < -0.39 is 23.7 Å². The number of fused-ring (bicyclic) bond motifs is 2. The van der Waals surface area contributed by atoms with Crippen LogP contribution < -0.4 is 4.90 Å². The average Bonchev–Trinajstić information content (AvgIpc) is 3.17. The van der Waals surface area contributed by atoms with Crippen LogP contribution in [0, 0.1) is 30.6 Å². The topological polar surface area (TPSA) is 74.8 Å². The molecule has 2 aliphatic heterocycles. The van der Waals surface area contributed by atoms with E-state index in [9.17, 15) is 19.2 Å². The zero-order chi connectivity index (χ0) is 23.7. The second-order valence-electron chi connectivity index (χ2n) is 10.2. The third-order valence-electron chi connectivity index (χ3n) is 7.98. The first kappa shape index (κ1) is 21.6. The highest BCUT2D eigenvalue weighted by Crippen LogP contribution is 2.48. The van der Waals surface area contributed by atoms with Crippen LogP contribution in [0.4, 0.5) is 5.69 Å². The summed E-state index contributed by atoms with van der Waals surface area (Å²) in [5.74, 6) is -3.03. The van der Waals surface area contributed by atoms with Gasteiger partial charge < -0.3 is 0 Å². The van der Waals surface area contributed by atoms with Crippen LogP contribution in [0.15, 0.2) is 48.5 Å². The molecule has 4 amide bonds. The van der Waals surface area contributed by atoms with Crippen molar-refractivity contribution in [1.82, 2.24) is 4.90 Å². The van der Waals surface area contributed by atoms with Gasteiger partial charge in [-0.15, -0.1) is 0 Å². The first-order chi connectivity index (χ1) is 15.6. The molecule has 6 heteroatoms. The molecule has 3 aliphatic rings. The Morgan fingerprint density at radius 3 is 1.52 bits per heavy atom. The van der Waals surface area contributed by atoms with Crippen LogP contribution in [-0.2, 0) is 24.6 Å². The van der Waals surface area contributed by atoms with Gasteiger partial charge in [0.05, 0.1) is 29.4 Å². The number of carbonyl (C=O) groups is 4. The number of aryl methyl sites for hydroxylation is 1. The lowest BCUT2D eigenvalue weighted by molar-refractivity contribution is -0.138. The lowest BCUT2D eigenvalue weighted by Gasteiger charge is -2.28. The van der Waals surface area contributed by atoms with Crippen molar-refractivity contribution >= 4 is 29.3 Å². The molecule has 2 heterocycles. The third kappa shape index (κ3) is 3.15. The van der Waals surface area contributed by atoms with Crippen LogP contribution >= 0.6 is 0 Å². The summed E-state index contributed by atoms with van der Waals surface area (Å²) in [5.41, 5.74) is 3.79. The fourth-order valence-electron chi connectivity index (χ4n) is 5.76. The summed E-state index contributed by atoms with van der Waals surface area (Å²) in [6.07, 6.45) is 0.535. The third-order valence-corrected chi connectivity index (χ3v) is 7.98. The molecule has 33 heavy (non-hydrogen) atoms. The van der Waals surface area contributed by atoms with E-state index in [-0.39, 0.29) is 41.9 Å². The second kappa shape index (κ2) is 7.37. The van der Waals surface area contributed by atoms with Crippen molar-refractivity contribution in [3.05, 3.63) is 65.2 Å². The van der Waals surface area contributed by atoms with Gasteiger partial charge in [0, 0.05) is 12.5 Å². The van der Waals surface area contributed by atoms with Crippen LogP contribution in [0.5, 0.6) is 0 Å². The SMILES string of the molecule is Cc1ccc(C(C)(C)c2ccc(N3C(=O)C4CC5C(=O)N(C)C(=O)C5CC4C3=O)cc2)cc1. The number of carbonyl (C=O) groups excluding carboxylic acids is 4. The fraction of sp³-hybridized carbons (Fsp3) is 0.407. The minimum atomic E-state index is -0.536. The number of imide groups is 2. The minimum Gasteiger partial charge on any atom is -0.285 e. The molecule has 2 saturated heterocycles. The van der Waals surface area contributed by atoms with Gasteiger partial charge in [-0.3, -0.25) is 29.0 Å². The highest BCUT2D eigenvalue weighted by Gasteiger charge is 2.59. The molecule has 4 atom stereocenters. The second-order valence-corrected chi connectivity index (χ2v) is 10.2. The van der Waals surface area contributed by atoms with Crippen molar-refractivity contribution < 1.29 is 19.2 Å². The Balaban J connectivity index is 1.40. The number of anilines is 1. The molecular formula is C27H28N2O4. The van der Waals surface area contributed by atoms with Crippen molar-refractivity contribution in [3.8, 4) is 0 Å². The monoisotopic (exact) mass is 444 g/mol. The molecule has 6 nitrogen and oxygen atoms in total. The molecular weight excluding hydrogens is 416 g/mol. The molecule has 3 fully saturated rings. The summed E-state index contributed by atoms with van der Waals surface area (Å²) in [4.78, 5) is 53.8. The van der Waals surface area contributed by atoms with E-state index in [4.69, 9.17) is 0 Å². The maximum absolute atomic E-state index is 13.2. The predicted octanol–water partition coefficient (Wildman–Crippen LogP) is 3.45. The zero-order valence-electron chi connectivity index (χ0n) is 19.4. The highest BCUT2D eigenvalue weighted by molar-refractivity contribution is 6.22. The lowest BCUT2D eigenvalue weighted by Crippen LogP contribution is -2.35. The van der Waals surface area contributed by atoms with E-state index in [2.05, 4.69) is 45.0 Å². The molecule has 2 aromatic rings. The van der Waals surface area contributed by atoms with Crippen LogP contribution in [-0.4, -0.2) is 35.6 Å². The first-order valence-electron chi connectivity index (χ1n) is 11.5. The van der Waals surface area contributed by atoms with Gasteiger partial charge in [-0.1, -0.05) is 55.8 Å². The molecule has 0 spiro atoms. The quantitative estimate of drug-likeness (QED) is 0.680. The van der Waals surface area contributed by atoms with E-state index in [1.165, 1.54) is 23.1 Å². The van der Waals surface area contributed by atoms with Gasteiger partial charge in [-0.25, -0.2) is 0 Å². The van der Waals surface area contributed by atoms with Gasteiger partial charge in [0.25, 0.3) is 0 Å². The molecule has 1 aliphatic carbocycles. The standard InChI is InChI=1S/C27H28N2O4/c1-15-5-7-16(8-6-15)27(2,3)17-9-11-18(12-10-17)29-25(32)21-13-19-20(14-22(21)26(29)33)24(31)28(4)23(19)30/h5-12,19-22H,13-14H2,1-4H3. The van der Waals surface area contributed by atoms with Gasteiger partial charge in [-0.05, 0) is 43.0 Å². The van der Waals surface area contributed by atoms with Crippen molar-refractivity contribution in [3.63, 3.8) is 0 Å². The predicted molar refractivity (Wildman–Crippen MR) is 123 cm³/mol. The summed E-state index contributed by atoms with van der Waals surface area (Å²) in [7, 11) is 1.48. The molecule has 170 valence electrons. The Bertz CT molecular complexity index is 1120. The molecule has 0 bridgehead atoms.